The van der Waals surface area contributed by atoms with Crippen molar-refractivity contribution < 1.29 is 9.53 Å². The number of carbonyl (C=O) groups is 1. The van der Waals surface area contributed by atoms with Gasteiger partial charge in [0, 0.05) is 28.0 Å². The van der Waals surface area contributed by atoms with Crippen LogP contribution in [-0.2, 0) is 4.74 Å². The first-order valence-corrected chi connectivity index (χ1v) is 7.98. The summed E-state index contributed by atoms with van der Waals surface area (Å²) in [6, 6.07) is 9.44. The summed E-state index contributed by atoms with van der Waals surface area (Å²) in [6.45, 7) is 4.09. The lowest BCUT2D eigenvalue weighted by Crippen LogP contribution is -2.03. The Kier molecular flexibility index (Phi) is 5.31. The Hall–Kier alpha value is -2.31. The highest BCUT2D eigenvalue weighted by Gasteiger charge is 2.15. The highest BCUT2D eigenvalue weighted by molar-refractivity contribution is 7.13. The van der Waals surface area contributed by atoms with Crippen LogP contribution < -0.4 is 5.73 Å². The summed E-state index contributed by atoms with van der Waals surface area (Å²) >= 11 is 1.43. The van der Waals surface area contributed by atoms with E-state index in [0.29, 0.717) is 10.7 Å². The van der Waals surface area contributed by atoms with Crippen molar-refractivity contribution in [2.45, 2.75) is 13.8 Å². The van der Waals surface area contributed by atoms with Gasteiger partial charge < -0.3 is 15.0 Å². The quantitative estimate of drug-likeness (QED) is 0.714. The number of esters is 1. The number of aryl methyl sites for hydroxylation is 1. The van der Waals surface area contributed by atoms with Crippen LogP contribution in [-0.4, -0.2) is 22.6 Å². The maximum atomic E-state index is 11.5. The second-order valence-corrected chi connectivity index (χ2v) is 6.12. The number of nitrogens with two attached hydrogens (primary N) is 1. The summed E-state index contributed by atoms with van der Waals surface area (Å²) in [6.07, 6.45) is 0. The molecule has 1 aromatic carbocycles. The highest BCUT2D eigenvalue weighted by Crippen LogP contribution is 2.30. The molecule has 0 bridgehead atoms. The Morgan fingerprint density at radius 2 is 1.92 bits per heavy atom. The molecule has 0 saturated heterocycles. The molecule has 0 saturated carbocycles. The van der Waals surface area contributed by atoms with Gasteiger partial charge in [-0.2, -0.15) is 0 Å². The molecule has 0 radical (unpaired) electrons. The molecule has 7 heteroatoms. The predicted molar refractivity (Wildman–Crippen MR) is 99.4 cm³/mol. The first-order valence-electron chi connectivity index (χ1n) is 7.10. The maximum absolute atomic E-state index is 11.5. The minimum atomic E-state index is -0.337. The number of rotatable bonds is 3. The van der Waals surface area contributed by atoms with Gasteiger partial charge in [-0.25, -0.2) is 9.78 Å². The second-order valence-electron chi connectivity index (χ2n) is 5.23. The van der Waals surface area contributed by atoms with E-state index in [1.165, 1.54) is 18.4 Å². The number of nitrogen functional groups attached to an aromatic ring is 1. The molecular formula is C17H18ClN3O2S. The number of methoxy groups -OCH3 is 1. The van der Waals surface area contributed by atoms with Crippen molar-refractivity contribution in [3.05, 3.63) is 52.7 Å². The van der Waals surface area contributed by atoms with Crippen molar-refractivity contribution in [3.8, 4) is 16.9 Å². The molecule has 126 valence electrons. The lowest BCUT2D eigenvalue weighted by atomic mass is 10.2. The molecule has 0 spiro atoms. The number of aromatic nitrogens is 2. The second kappa shape index (κ2) is 7.07. The van der Waals surface area contributed by atoms with Crippen molar-refractivity contribution in [1.82, 2.24) is 9.55 Å². The molecule has 5 nitrogen and oxygen atoms in total. The number of benzene rings is 1. The minimum absolute atomic E-state index is 0. The Morgan fingerprint density at radius 1 is 1.25 bits per heavy atom. The van der Waals surface area contributed by atoms with Crippen LogP contribution in [0.3, 0.4) is 0 Å². The van der Waals surface area contributed by atoms with Gasteiger partial charge in [0.2, 0.25) is 0 Å². The van der Waals surface area contributed by atoms with Gasteiger partial charge in [0.25, 0.3) is 0 Å². The lowest BCUT2D eigenvalue weighted by molar-refractivity contribution is 0.0601. The van der Waals surface area contributed by atoms with E-state index in [0.717, 1.165) is 28.3 Å². The first kappa shape index (κ1) is 18.0. The number of anilines is 1. The van der Waals surface area contributed by atoms with E-state index in [1.807, 2.05) is 31.4 Å². The Morgan fingerprint density at radius 3 is 2.46 bits per heavy atom. The van der Waals surface area contributed by atoms with Crippen LogP contribution >= 0.6 is 23.7 Å². The van der Waals surface area contributed by atoms with Crippen LogP contribution in [0.4, 0.5) is 5.13 Å². The van der Waals surface area contributed by atoms with E-state index >= 15 is 0 Å². The SMILES string of the molecule is COC(=O)c1ccc(-n2c(C)cc(-c3csc(N)n3)c2C)cc1.Cl. The van der Waals surface area contributed by atoms with Crippen molar-refractivity contribution >= 4 is 34.8 Å². The molecule has 2 N–H and O–H groups in total. The van der Waals surface area contributed by atoms with Crippen molar-refractivity contribution in [2.24, 2.45) is 0 Å². The molecule has 2 heterocycles. The number of halogens is 1. The fraction of sp³-hybridized carbons (Fsp3) is 0.176. The number of ether oxygens (including phenoxy) is 1. The van der Waals surface area contributed by atoms with E-state index in [-0.39, 0.29) is 18.4 Å². The van der Waals surface area contributed by atoms with Gasteiger partial charge in [-0.05, 0) is 44.2 Å². The molecule has 0 amide bonds. The standard InChI is InChI=1S/C17H17N3O2S.ClH/c1-10-8-14(15-9-23-17(18)19-15)11(2)20(10)13-6-4-12(5-7-13)16(21)22-3;/h4-9H,1-3H3,(H2,18,19);1H. The van der Waals surface area contributed by atoms with Crippen LogP contribution in [0.25, 0.3) is 16.9 Å². The van der Waals surface area contributed by atoms with Crippen molar-refractivity contribution in [3.63, 3.8) is 0 Å². The largest absolute Gasteiger partial charge is 0.465 e. The van der Waals surface area contributed by atoms with Crippen LogP contribution in [0.1, 0.15) is 21.7 Å². The van der Waals surface area contributed by atoms with Crippen LogP contribution in [0.2, 0.25) is 0 Å². The molecule has 3 rings (SSSR count). The van der Waals surface area contributed by atoms with Gasteiger partial charge in [0.15, 0.2) is 5.13 Å². The smallest absolute Gasteiger partial charge is 0.337 e. The molecule has 0 unspecified atom stereocenters. The summed E-state index contributed by atoms with van der Waals surface area (Å²) in [5, 5.41) is 2.52. The number of thiazole rings is 1. The summed E-state index contributed by atoms with van der Waals surface area (Å²) in [5.41, 5.74) is 11.4. The monoisotopic (exact) mass is 363 g/mol. The van der Waals surface area contributed by atoms with Gasteiger partial charge in [-0.3, -0.25) is 0 Å². The Balaban J connectivity index is 0.00000208. The highest BCUT2D eigenvalue weighted by atomic mass is 35.5. The van der Waals surface area contributed by atoms with Crippen LogP contribution in [0.15, 0.2) is 35.7 Å². The normalized spacial score (nSPS) is 10.3. The van der Waals surface area contributed by atoms with Crippen molar-refractivity contribution in [2.75, 3.05) is 12.8 Å². The molecule has 0 aliphatic rings. The van der Waals surface area contributed by atoms with Crippen molar-refractivity contribution in [1.29, 1.82) is 0 Å². The lowest BCUT2D eigenvalue weighted by Gasteiger charge is -2.10. The zero-order valence-corrected chi connectivity index (χ0v) is 15.2. The topological polar surface area (TPSA) is 70.1 Å². The first-order chi connectivity index (χ1) is 11.0. The zero-order valence-electron chi connectivity index (χ0n) is 13.6. The van der Waals surface area contributed by atoms with Gasteiger partial charge in [-0.15, -0.1) is 23.7 Å². The number of hydrogen-bond acceptors (Lipinski definition) is 5. The summed E-state index contributed by atoms with van der Waals surface area (Å²) in [7, 11) is 1.38. The Labute approximate surface area is 150 Å². The Bertz CT molecular complexity index is 869. The summed E-state index contributed by atoms with van der Waals surface area (Å²) in [5.74, 6) is -0.337. The molecular weight excluding hydrogens is 346 g/mol. The average Bonchev–Trinajstić information content (AvgIpc) is 3.10. The zero-order chi connectivity index (χ0) is 16.6. The third kappa shape index (κ3) is 3.16. The molecule has 0 atom stereocenters. The molecule has 0 aliphatic heterocycles. The van der Waals surface area contributed by atoms with Crippen LogP contribution in [0.5, 0.6) is 0 Å². The third-order valence-electron chi connectivity index (χ3n) is 3.78. The fourth-order valence-corrected chi connectivity index (χ4v) is 3.26. The van der Waals surface area contributed by atoms with Gasteiger partial charge in [0.05, 0.1) is 18.4 Å². The number of hydrogen-bond donors (Lipinski definition) is 1. The molecule has 2 aromatic heterocycles. The van der Waals surface area contributed by atoms with Gasteiger partial charge >= 0.3 is 5.97 Å². The van der Waals surface area contributed by atoms with E-state index in [9.17, 15) is 4.79 Å². The van der Waals surface area contributed by atoms with Crippen LogP contribution in [0, 0.1) is 13.8 Å². The number of nitrogens with zero attached hydrogens (tertiary/aromatic N) is 2. The maximum Gasteiger partial charge on any atom is 0.337 e. The number of carbonyl (C=O) groups excluding carboxylic acids is 1. The average molecular weight is 364 g/mol. The minimum Gasteiger partial charge on any atom is -0.465 e. The summed E-state index contributed by atoms with van der Waals surface area (Å²) in [4.78, 5) is 15.9. The summed E-state index contributed by atoms with van der Waals surface area (Å²) < 4.78 is 6.86. The van der Waals surface area contributed by atoms with E-state index in [2.05, 4.69) is 15.6 Å². The molecule has 3 aromatic rings. The van der Waals surface area contributed by atoms with E-state index in [4.69, 9.17) is 10.5 Å². The van der Waals surface area contributed by atoms with Gasteiger partial charge in [-0.1, -0.05) is 0 Å². The predicted octanol–water partition coefficient (Wildman–Crippen LogP) is 4.01. The van der Waals surface area contributed by atoms with E-state index in [1.54, 1.807) is 12.1 Å². The molecule has 0 fully saturated rings. The molecule has 0 aliphatic carbocycles. The molecule has 24 heavy (non-hydrogen) atoms. The van der Waals surface area contributed by atoms with E-state index < -0.39 is 0 Å². The third-order valence-corrected chi connectivity index (χ3v) is 4.45. The fourth-order valence-electron chi connectivity index (χ4n) is 2.70. The van der Waals surface area contributed by atoms with Gasteiger partial charge in [0.1, 0.15) is 0 Å².